The molecule has 1 unspecified atom stereocenters. The largest absolute Gasteiger partial charge is 0.305 e. The monoisotopic (exact) mass is 530 g/mol. The predicted octanol–water partition coefficient (Wildman–Crippen LogP) is 4.58. The summed E-state index contributed by atoms with van der Waals surface area (Å²) in [7, 11) is 0. The zero-order chi connectivity index (χ0) is 27.4. The fraction of sp³-hybridized carbons (Fsp3) is 0.219. The number of para-hydroxylation sites is 3. The van der Waals surface area contributed by atoms with Crippen LogP contribution >= 0.6 is 0 Å². The van der Waals surface area contributed by atoms with E-state index in [2.05, 4.69) is 0 Å². The van der Waals surface area contributed by atoms with Crippen LogP contribution in [0.25, 0.3) is 10.9 Å². The van der Waals surface area contributed by atoms with Gasteiger partial charge in [-0.1, -0.05) is 55.0 Å². The van der Waals surface area contributed by atoms with Gasteiger partial charge in [-0.3, -0.25) is 29.1 Å². The Labute approximate surface area is 230 Å². The standard InChI is InChI=1S/C32H26N4O4/c37-29(19-35-30(38)22-9-2-3-10-23(22)31(35)39)36-26-15-7-11-24(26)32(40)34(27-13-5-6-14-28(27)36)18-21-17-16-20-8-1-4-12-25(20)33-21/h1-6,8-10,12-14,16-17,24,26H,7,11,15,18-19H2/t24?,26-/m1/s1. The second-order valence-electron chi connectivity index (χ2n) is 10.5. The van der Waals surface area contributed by atoms with Gasteiger partial charge >= 0.3 is 0 Å². The van der Waals surface area contributed by atoms with E-state index in [1.54, 1.807) is 34.1 Å². The Morgan fingerprint density at radius 3 is 2.20 bits per heavy atom. The molecule has 0 spiro atoms. The first kappa shape index (κ1) is 24.2. The smallest absolute Gasteiger partial charge is 0.262 e. The number of amides is 4. The summed E-state index contributed by atoms with van der Waals surface area (Å²) in [5.41, 5.74) is 3.44. The molecule has 2 atom stereocenters. The number of hydrogen-bond acceptors (Lipinski definition) is 5. The highest BCUT2D eigenvalue weighted by atomic mass is 16.2. The number of aromatic nitrogens is 1. The van der Waals surface area contributed by atoms with Crippen LogP contribution in [-0.2, 0) is 16.1 Å². The van der Waals surface area contributed by atoms with Crippen LogP contribution < -0.4 is 9.80 Å². The molecule has 0 saturated heterocycles. The Morgan fingerprint density at radius 2 is 1.43 bits per heavy atom. The first-order chi connectivity index (χ1) is 19.5. The molecular weight excluding hydrogens is 504 g/mol. The molecule has 1 aromatic heterocycles. The second kappa shape index (κ2) is 9.41. The van der Waals surface area contributed by atoms with Crippen molar-refractivity contribution in [1.29, 1.82) is 0 Å². The maximum Gasteiger partial charge on any atom is 0.262 e. The molecule has 3 heterocycles. The highest BCUT2D eigenvalue weighted by Gasteiger charge is 2.47. The van der Waals surface area contributed by atoms with Crippen molar-refractivity contribution >= 4 is 45.9 Å². The minimum Gasteiger partial charge on any atom is -0.305 e. The van der Waals surface area contributed by atoms with Crippen molar-refractivity contribution in [2.24, 2.45) is 5.92 Å². The number of pyridine rings is 1. The third-order valence-corrected chi connectivity index (χ3v) is 8.24. The summed E-state index contributed by atoms with van der Waals surface area (Å²) in [5, 5.41) is 1.02. The van der Waals surface area contributed by atoms with Crippen molar-refractivity contribution in [3.63, 3.8) is 0 Å². The first-order valence-electron chi connectivity index (χ1n) is 13.5. The number of benzene rings is 3. The summed E-state index contributed by atoms with van der Waals surface area (Å²) in [6.45, 7) is -0.116. The summed E-state index contributed by atoms with van der Waals surface area (Å²) < 4.78 is 0. The third kappa shape index (κ3) is 3.78. The molecule has 7 rings (SSSR count). The Kier molecular flexibility index (Phi) is 5.70. The molecule has 0 radical (unpaired) electrons. The fourth-order valence-electron chi connectivity index (χ4n) is 6.37. The molecule has 2 aliphatic heterocycles. The lowest BCUT2D eigenvalue weighted by atomic mass is 10.0. The maximum atomic E-state index is 14.1. The normalized spacial score (nSPS) is 20.0. The van der Waals surface area contributed by atoms with E-state index in [1.807, 2.05) is 60.7 Å². The number of rotatable bonds is 4. The lowest BCUT2D eigenvalue weighted by Crippen LogP contribution is -2.49. The number of nitrogens with zero attached hydrogens (tertiary/aromatic N) is 4. The number of hydrogen-bond donors (Lipinski definition) is 0. The zero-order valence-corrected chi connectivity index (χ0v) is 21.7. The van der Waals surface area contributed by atoms with Gasteiger partial charge in [-0.25, -0.2) is 0 Å². The molecule has 8 nitrogen and oxygen atoms in total. The van der Waals surface area contributed by atoms with Crippen LogP contribution in [0.1, 0.15) is 45.7 Å². The van der Waals surface area contributed by atoms with Crippen molar-refractivity contribution in [2.45, 2.75) is 31.8 Å². The molecule has 0 bridgehead atoms. The van der Waals surface area contributed by atoms with E-state index in [-0.39, 0.29) is 36.9 Å². The van der Waals surface area contributed by atoms with Crippen LogP contribution in [0.15, 0.2) is 84.9 Å². The maximum absolute atomic E-state index is 14.1. The van der Waals surface area contributed by atoms with Gasteiger partial charge in [-0.15, -0.1) is 0 Å². The van der Waals surface area contributed by atoms with E-state index in [0.29, 0.717) is 35.3 Å². The van der Waals surface area contributed by atoms with Crippen LogP contribution in [-0.4, -0.2) is 46.1 Å². The number of carbonyl (C=O) groups is 4. The van der Waals surface area contributed by atoms with Crippen molar-refractivity contribution in [3.05, 3.63) is 102 Å². The topological polar surface area (TPSA) is 90.9 Å². The highest BCUT2D eigenvalue weighted by Crippen LogP contribution is 2.43. The number of anilines is 2. The minimum atomic E-state index is -0.472. The lowest BCUT2D eigenvalue weighted by molar-refractivity contribution is -0.123. The molecule has 40 heavy (non-hydrogen) atoms. The fourth-order valence-corrected chi connectivity index (χ4v) is 6.37. The summed E-state index contributed by atoms with van der Waals surface area (Å²) in [5.74, 6) is -1.75. The van der Waals surface area contributed by atoms with Gasteiger partial charge < -0.3 is 9.80 Å². The van der Waals surface area contributed by atoms with Gasteiger partial charge in [0.15, 0.2) is 0 Å². The number of imide groups is 1. The van der Waals surface area contributed by atoms with Gasteiger partial charge in [-0.2, -0.15) is 0 Å². The van der Waals surface area contributed by atoms with E-state index in [9.17, 15) is 19.2 Å². The van der Waals surface area contributed by atoms with E-state index < -0.39 is 11.8 Å². The van der Waals surface area contributed by atoms with Gasteiger partial charge in [0.25, 0.3) is 11.8 Å². The lowest BCUT2D eigenvalue weighted by Gasteiger charge is -2.31. The Morgan fingerprint density at radius 1 is 0.750 bits per heavy atom. The van der Waals surface area contributed by atoms with Crippen molar-refractivity contribution in [3.8, 4) is 0 Å². The summed E-state index contributed by atoms with van der Waals surface area (Å²) in [4.78, 5) is 63.4. The second-order valence-corrected chi connectivity index (χ2v) is 10.5. The van der Waals surface area contributed by atoms with Crippen LogP contribution in [0.3, 0.4) is 0 Å². The van der Waals surface area contributed by atoms with Gasteiger partial charge in [0, 0.05) is 11.4 Å². The first-order valence-corrected chi connectivity index (χ1v) is 13.5. The highest BCUT2D eigenvalue weighted by molar-refractivity contribution is 6.23. The van der Waals surface area contributed by atoms with E-state index in [4.69, 9.17) is 4.98 Å². The zero-order valence-electron chi connectivity index (χ0n) is 21.7. The minimum absolute atomic E-state index is 0.0408. The van der Waals surface area contributed by atoms with Gasteiger partial charge in [0.2, 0.25) is 11.8 Å². The van der Waals surface area contributed by atoms with E-state index in [1.165, 1.54) is 0 Å². The number of carbonyl (C=O) groups excluding carboxylic acids is 4. The molecule has 4 aromatic rings. The Bertz CT molecular complexity index is 1680. The molecule has 8 heteroatoms. The van der Waals surface area contributed by atoms with Crippen LogP contribution in [0.2, 0.25) is 0 Å². The molecule has 1 saturated carbocycles. The SMILES string of the molecule is O=C1c2ccccc2C(=O)N1CC(=O)N1c2ccccc2N(Cc2ccc3ccccc3n2)C(=O)C2CCC[C@H]21. The van der Waals surface area contributed by atoms with Gasteiger partial charge in [0.05, 0.1) is 46.2 Å². The molecule has 1 aliphatic carbocycles. The molecule has 1 fully saturated rings. The van der Waals surface area contributed by atoms with E-state index >= 15 is 0 Å². The Balaban J connectivity index is 1.25. The van der Waals surface area contributed by atoms with Gasteiger partial charge in [-0.05, 0) is 49.2 Å². The Hall–Kier alpha value is -4.85. The molecule has 3 aromatic carbocycles. The summed E-state index contributed by atoms with van der Waals surface area (Å²) >= 11 is 0. The van der Waals surface area contributed by atoms with Crippen molar-refractivity contribution < 1.29 is 19.2 Å². The molecule has 3 aliphatic rings. The summed E-state index contributed by atoms with van der Waals surface area (Å²) in [6.07, 6.45) is 2.14. The molecule has 0 N–H and O–H groups in total. The average Bonchev–Trinajstić information content (AvgIpc) is 3.53. The quantitative estimate of drug-likeness (QED) is 0.360. The van der Waals surface area contributed by atoms with Gasteiger partial charge in [0.1, 0.15) is 6.54 Å². The van der Waals surface area contributed by atoms with Crippen molar-refractivity contribution in [2.75, 3.05) is 16.3 Å². The van der Waals surface area contributed by atoms with Crippen LogP contribution in [0.4, 0.5) is 11.4 Å². The average molecular weight is 531 g/mol. The van der Waals surface area contributed by atoms with Crippen molar-refractivity contribution in [1.82, 2.24) is 9.88 Å². The number of fused-ring (bicyclic) bond motifs is 4. The summed E-state index contributed by atoms with van der Waals surface area (Å²) in [6, 6.07) is 25.4. The molecule has 198 valence electrons. The molecular formula is C32H26N4O4. The molecule has 4 amide bonds. The van der Waals surface area contributed by atoms with E-state index in [0.717, 1.165) is 27.9 Å². The van der Waals surface area contributed by atoms with Crippen LogP contribution in [0.5, 0.6) is 0 Å². The van der Waals surface area contributed by atoms with Crippen LogP contribution in [0, 0.1) is 5.92 Å². The predicted molar refractivity (Wildman–Crippen MR) is 150 cm³/mol. The third-order valence-electron chi connectivity index (χ3n) is 8.24.